The number of carboxylic acid groups (broad SMARTS) is 1. The molecular weight excluding hydrogens is 274 g/mol. The maximum absolute atomic E-state index is 12.2. The third kappa shape index (κ3) is 3.21. The molecule has 0 radical (unpaired) electrons. The van der Waals surface area contributed by atoms with Gasteiger partial charge in [0.15, 0.2) is 5.69 Å². The maximum Gasteiger partial charge on any atom is 0.311 e. The summed E-state index contributed by atoms with van der Waals surface area (Å²) in [4.78, 5) is 23.7. The average Bonchev–Trinajstić information content (AvgIpc) is 2.90. The third-order valence-electron chi connectivity index (χ3n) is 4.13. The van der Waals surface area contributed by atoms with E-state index in [9.17, 15) is 14.7 Å². The smallest absolute Gasteiger partial charge is 0.311 e. The van der Waals surface area contributed by atoms with Crippen molar-refractivity contribution >= 4 is 11.9 Å². The van der Waals surface area contributed by atoms with Gasteiger partial charge in [0.2, 0.25) is 0 Å². The van der Waals surface area contributed by atoms with E-state index >= 15 is 0 Å². The topological polar surface area (TPSA) is 123 Å². The Morgan fingerprint density at radius 1 is 1.57 bits per heavy atom. The standard InChI is InChI=1S/C13H21N5O3/c1-13(12(20)21)5-3-2-4-10(13)15-11(19)9-8-18(7-6-14)17-16-9/h8,10H,2-7,14H2,1H3,(H,15,19)(H,20,21). The monoisotopic (exact) mass is 295 g/mol. The van der Waals surface area contributed by atoms with Crippen molar-refractivity contribution in [2.45, 2.75) is 45.2 Å². The summed E-state index contributed by atoms with van der Waals surface area (Å²) in [5.41, 5.74) is 4.66. The molecule has 1 fully saturated rings. The summed E-state index contributed by atoms with van der Waals surface area (Å²) < 4.78 is 1.49. The van der Waals surface area contributed by atoms with Gasteiger partial charge in [-0.25, -0.2) is 0 Å². The quantitative estimate of drug-likeness (QED) is 0.702. The van der Waals surface area contributed by atoms with Crippen molar-refractivity contribution in [1.82, 2.24) is 20.3 Å². The number of carbonyl (C=O) groups excluding carboxylic acids is 1. The van der Waals surface area contributed by atoms with E-state index in [4.69, 9.17) is 5.73 Å². The first-order valence-corrected chi connectivity index (χ1v) is 7.12. The van der Waals surface area contributed by atoms with Crippen LogP contribution in [0.2, 0.25) is 0 Å². The first-order chi connectivity index (χ1) is 9.97. The van der Waals surface area contributed by atoms with Gasteiger partial charge >= 0.3 is 5.97 Å². The minimum Gasteiger partial charge on any atom is -0.481 e. The fourth-order valence-electron chi connectivity index (χ4n) is 2.70. The molecule has 1 saturated carbocycles. The zero-order valence-electron chi connectivity index (χ0n) is 12.1. The number of aromatic nitrogens is 3. The summed E-state index contributed by atoms with van der Waals surface area (Å²) in [5.74, 6) is -1.27. The van der Waals surface area contributed by atoms with E-state index in [1.54, 1.807) is 6.92 Å². The molecule has 1 heterocycles. The van der Waals surface area contributed by atoms with E-state index in [0.717, 1.165) is 12.8 Å². The first-order valence-electron chi connectivity index (χ1n) is 7.12. The molecule has 116 valence electrons. The Morgan fingerprint density at radius 2 is 2.33 bits per heavy atom. The predicted molar refractivity (Wildman–Crippen MR) is 74.5 cm³/mol. The van der Waals surface area contributed by atoms with Gasteiger partial charge in [0.05, 0.1) is 18.2 Å². The van der Waals surface area contributed by atoms with Crippen LogP contribution in [0.1, 0.15) is 43.1 Å². The van der Waals surface area contributed by atoms with Crippen LogP contribution >= 0.6 is 0 Å². The molecule has 0 saturated heterocycles. The van der Waals surface area contributed by atoms with Gasteiger partial charge < -0.3 is 16.2 Å². The van der Waals surface area contributed by atoms with Gasteiger partial charge in [-0.15, -0.1) is 5.10 Å². The van der Waals surface area contributed by atoms with Gasteiger partial charge in [-0.05, 0) is 19.8 Å². The van der Waals surface area contributed by atoms with Crippen LogP contribution in [-0.4, -0.2) is 44.6 Å². The summed E-state index contributed by atoms with van der Waals surface area (Å²) in [6.07, 6.45) is 4.51. The third-order valence-corrected chi connectivity index (χ3v) is 4.13. The molecule has 0 aromatic carbocycles. The lowest BCUT2D eigenvalue weighted by atomic mass is 9.71. The van der Waals surface area contributed by atoms with Crippen LogP contribution in [0.25, 0.3) is 0 Å². The predicted octanol–water partition coefficient (Wildman–Crippen LogP) is 0.000100. The largest absolute Gasteiger partial charge is 0.481 e. The molecule has 4 N–H and O–H groups in total. The number of carbonyl (C=O) groups is 2. The number of hydrogen-bond acceptors (Lipinski definition) is 5. The van der Waals surface area contributed by atoms with E-state index in [1.165, 1.54) is 10.9 Å². The van der Waals surface area contributed by atoms with Crippen LogP contribution in [0.15, 0.2) is 6.20 Å². The molecule has 1 amide bonds. The Kier molecular flexibility index (Phi) is 4.56. The second-order valence-corrected chi connectivity index (χ2v) is 5.65. The number of nitrogens with one attached hydrogen (secondary N) is 1. The molecule has 1 aromatic heterocycles. The number of carboxylic acids is 1. The van der Waals surface area contributed by atoms with Crippen LogP contribution in [0.5, 0.6) is 0 Å². The number of nitrogens with two attached hydrogens (primary N) is 1. The van der Waals surface area contributed by atoms with Crippen LogP contribution in [0.3, 0.4) is 0 Å². The molecule has 2 rings (SSSR count). The molecule has 2 atom stereocenters. The number of rotatable bonds is 5. The molecule has 21 heavy (non-hydrogen) atoms. The summed E-state index contributed by atoms with van der Waals surface area (Å²) >= 11 is 0. The Labute approximate surface area is 122 Å². The molecule has 1 aliphatic rings. The van der Waals surface area contributed by atoms with Gasteiger partial charge in [-0.1, -0.05) is 18.1 Å². The lowest BCUT2D eigenvalue weighted by molar-refractivity contribution is -0.151. The SMILES string of the molecule is CC1(C(=O)O)CCCCC1NC(=O)c1cn(CCN)nn1. The van der Waals surface area contributed by atoms with Gasteiger partial charge in [-0.3, -0.25) is 14.3 Å². The fraction of sp³-hybridized carbons (Fsp3) is 0.692. The second-order valence-electron chi connectivity index (χ2n) is 5.65. The Morgan fingerprint density at radius 3 is 3.00 bits per heavy atom. The van der Waals surface area contributed by atoms with Gasteiger partial charge in [0.25, 0.3) is 5.91 Å². The summed E-state index contributed by atoms with van der Waals surface area (Å²) in [6.45, 7) is 2.57. The average molecular weight is 295 g/mol. The number of aliphatic carboxylic acids is 1. The van der Waals surface area contributed by atoms with Crippen molar-refractivity contribution in [3.8, 4) is 0 Å². The molecule has 8 nitrogen and oxygen atoms in total. The Hall–Kier alpha value is -1.96. The summed E-state index contributed by atoms with van der Waals surface area (Å²) in [7, 11) is 0. The van der Waals surface area contributed by atoms with Crippen LogP contribution in [-0.2, 0) is 11.3 Å². The van der Waals surface area contributed by atoms with Crippen molar-refractivity contribution in [2.75, 3.05) is 6.54 Å². The Balaban J connectivity index is 2.07. The number of nitrogens with zero attached hydrogens (tertiary/aromatic N) is 3. The normalized spacial score (nSPS) is 25.5. The van der Waals surface area contributed by atoms with Crippen LogP contribution < -0.4 is 11.1 Å². The molecule has 0 aliphatic heterocycles. The fourth-order valence-corrected chi connectivity index (χ4v) is 2.70. The molecule has 1 aromatic rings. The highest BCUT2D eigenvalue weighted by atomic mass is 16.4. The summed E-state index contributed by atoms with van der Waals surface area (Å²) in [5, 5.41) is 19.8. The van der Waals surface area contributed by atoms with E-state index in [0.29, 0.717) is 25.9 Å². The van der Waals surface area contributed by atoms with Crippen molar-refractivity contribution in [1.29, 1.82) is 0 Å². The minimum absolute atomic E-state index is 0.182. The maximum atomic E-state index is 12.2. The molecule has 2 unspecified atom stereocenters. The molecule has 0 spiro atoms. The highest BCUT2D eigenvalue weighted by molar-refractivity contribution is 5.92. The molecule has 8 heteroatoms. The van der Waals surface area contributed by atoms with E-state index in [-0.39, 0.29) is 5.69 Å². The molecule has 1 aliphatic carbocycles. The number of amides is 1. The van der Waals surface area contributed by atoms with Crippen molar-refractivity contribution in [2.24, 2.45) is 11.1 Å². The second kappa shape index (κ2) is 6.21. The molecule has 0 bridgehead atoms. The van der Waals surface area contributed by atoms with Crippen LogP contribution in [0.4, 0.5) is 0 Å². The van der Waals surface area contributed by atoms with Crippen molar-refractivity contribution < 1.29 is 14.7 Å². The minimum atomic E-state index is -0.929. The zero-order valence-corrected chi connectivity index (χ0v) is 12.1. The number of hydrogen-bond donors (Lipinski definition) is 3. The van der Waals surface area contributed by atoms with E-state index < -0.39 is 23.3 Å². The zero-order chi connectivity index (χ0) is 15.5. The highest BCUT2D eigenvalue weighted by Crippen LogP contribution is 2.36. The van der Waals surface area contributed by atoms with E-state index in [1.807, 2.05) is 0 Å². The van der Waals surface area contributed by atoms with Crippen LogP contribution in [0, 0.1) is 5.41 Å². The Bertz CT molecular complexity index is 530. The van der Waals surface area contributed by atoms with Gasteiger partial charge in [0.1, 0.15) is 0 Å². The van der Waals surface area contributed by atoms with Crippen molar-refractivity contribution in [3.63, 3.8) is 0 Å². The lowest BCUT2D eigenvalue weighted by Gasteiger charge is -2.38. The lowest BCUT2D eigenvalue weighted by Crippen LogP contribution is -2.52. The first kappa shape index (κ1) is 15.4. The molecular formula is C13H21N5O3. The van der Waals surface area contributed by atoms with Crippen molar-refractivity contribution in [3.05, 3.63) is 11.9 Å². The van der Waals surface area contributed by atoms with Gasteiger partial charge in [-0.2, -0.15) is 0 Å². The van der Waals surface area contributed by atoms with Gasteiger partial charge in [0, 0.05) is 12.6 Å². The highest BCUT2D eigenvalue weighted by Gasteiger charge is 2.44. The summed E-state index contributed by atoms with van der Waals surface area (Å²) in [6, 6.07) is -0.393. The van der Waals surface area contributed by atoms with E-state index in [2.05, 4.69) is 15.6 Å².